The van der Waals surface area contributed by atoms with Gasteiger partial charge in [-0.1, -0.05) is 25.6 Å². The summed E-state index contributed by atoms with van der Waals surface area (Å²) in [5.74, 6) is -1.93. The van der Waals surface area contributed by atoms with Gasteiger partial charge in [0.15, 0.2) is 0 Å². The summed E-state index contributed by atoms with van der Waals surface area (Å²) in [5, 5.41) is 37.0. The Morgan fingerprint density at radius 1 is 1.23 bits per heavy atom. The first kappa shape index (κ1) is 27.1. The van der Waals surface area contributed by atoms with Crippen LogP contribution in [0.15, 0.2) is 0 Å². The van der Waals surface area contributed by atoms with Gasteiger partial charge in [-0.15, -0.1) is 11.8 Å². The highest BCUT2D eigenvalue weighted by Gasteiger charge is 2.47. The van der Waals surface area contributed by atoms with E-state index < -0.39 is 47.7 Å². The third kappa shape index (κ3) is 7.68. The number of amides is 1. The van der Waals surface area contributed by atoms with Gasteiger partial charge in [0.2, 0.25) is 5.91 Å². The number of piperidine rings is 1. The number of carbonyl (C=O) groups excluding carboxylic acids is 1. The Balaban J connectivity index is 1.95. The van der Waals surface area contributed by atoms with Crippen LogP contribution in [0.2, 0.25) is 0 Å². The Labute approximate surface area is 191 Å². The summed E-state index contributed by atoms with van der Waals surface area (Å²) in [4.78, 5) is 13.0. The molecule has 0 saturated carbocycles. The van der Waals surface area contributed by atoms with Crippen LogP contribution in [-0.2, 0) is 9.53 Å². The maximum Gasteiger partial charge on any atom is 0.284 e. The molecule has 8 unspecified atom stereocenters. The minimum absolute atomic E-state index is 0.0840. The molecule has 2 fully saturated rings. The van der Waals surface area contributed by atoms with Gasteiger partial charge in [-0.05, 0) is 56.1 Å². The molecule has 1 amide bonds. The molecule has 0 aliphatic carbocycles. The lowest BCUT2D eigenvalue weighted by molar-refractivity contribution is -0.208. The molecule has 31 heavy (non-hydrogen) atoms. The first-order valence-corrected chi connectivity index (χ1v) is 13.1. The molecular formula is C20H36F2N2O5S2. The normalized spacial score (nSPS) is 35.4. The molecule has 0 aromatic heterocycles. The van der Waals surface area contributed by atoms with Crippen molar-refractivity contribution in [1.82, 2.24) is 10.6 Å². The monoisotopic (exact) mass is 486 g/mol. The lowest BCUT2D eigenvalue weighted by Crippen LogP contribution is -2.65. The van der Waals surface area contributed by atoms with Crippen LogP contribution in [0.1, 0.15) is 39.5 Å². The number of alkyl halides is 2. The van der Waals surface area contributed by atoms with E-state index in [1.165, 1.54) is 11.8 Å². The fourth-order valence-electron chi connectivity index (χ4n) is 4.26. The van der Waals surface area contributed by atoms with Crippen molar-refractivity contribution >= 4 is 29.4 Å². The van der Waals surface area contributed by atoms with Crippen LogP contribution in [0.3, 0.4) is 0 Å². The predicted molar refractivity (Wildman–Crippen MR) is 119 cm³/mol. The highest BCUT2D eigenvalue weighted by atomic mass is 32.2. The Morgan fingerprint density at radius 3 is 2.55 bits per heavy atom. The van der Waals surface area contributed by atoms with Crippen LogP contribution >= 0.6 is 23.5 Å². The van der Waals surface area contributed by atoms with Crippen molar-refractivity contribution in [2.75, 3.05) is 18.6 Å². The average Bonchev–Trinajstić information content (AvgIpc) is 2.74. The number of thioether (sulfide) groups is 2. The Bertz CT molecular complexity index is 562. The van der Waals surface area contributed by atoms with E-state index in [4.69, 9.17) is 4.74 Å². The van der Waals surface area contributed by atoms with Crippen molar-refractivity contribution in [1.29, 1.82) is 0 Å². The summed E-state index contributed by atoms with van der Waals surface area (Å²) in [5.41, 5.74) is -0.704. The smallest absolute Gasteiger partial charge is 0.284 e. The van der Waals surface area contributed by atoms with E-state index >= 15 is 0 Å². The number of aliphatic hydroxyl groups is 3. The summed E-state index contributed by atoms with van der Waals surface area (Å²) in [6, 6.07) is -0.959. The van der Waals surface area contributed by atoms with E-state index in [0.717, 1.165) is 12.8 Å². The fourth-order valence-corrected chi connectivity index (χ4v) is 5.45. The quantitative estimate of drug-likeness (QED) is 0.295. The van der Waals surface area contributed by atoms with Crippen molar-refractivity contribution in [3.63, 3.8) is 0 Å². The van der Waals surface area contributed by atoms with Gasteiger partial charge in [-0.25, -0.2) is 0 Å². The van der Waals surface area contributed by atoms with Gasteiger partial charge < -0.3 is 30.7 Å². The van der Waals surface area contributed by atoms with Crippen LogP contribution in [0.25, 0.3) is 0 Å². The van der Waals surface area contributed by atoms with Crippen molar-refractivity contribution < 1.29 is 33.6 Å². The van der Waals surface area contributed by atoms with Gasteiger partial charge in [0.25, 0.3) is 5.76 Å². The van der Waals surface area contributed by atoms with E-state index in [-0.39, 0.29) is 11.8 Å². The predicted octanol–water partition coefficient (Wildman–Crippen LogP) is 1.40. The summed E-state index contributed by atoms with van der Waals surface area (Å²) in [6.07, 6.45) is 0.00973. The van der Waals surface area contributed by atoms with E-state index in [2.05, 4.69) is 10.6 Å². The zero-order valence-electron chi connectivity index (χ0n) is 18.2. The fraction of sp³-hybridized carbons (Fsp3) is 0.950. The largest absolute Gasteiger partial charge is 0.388 e. The minimum Gasteiger partial charge on any atom is -0.388 e. The first-order chi connectivity index (χ1) is 14.6. The number of carbonyl (C=O) groups is 1. The molecule has 0 aromatic carbocycles. The van der Waals surface area contributed by atoms with Gasteiger partial charge in [0, 0.05) is 0 Å². The second-order valence-corrected chi connectivity index (χ2v) is 10.7. The molecule has 2 rings (SSSR count). The van der Waals surface area contributed by atoms with Gasteiger partial charge >= 0.3 is 0 Å². The molecule has 182 valence electrons. The van der Waals surface area contributed by atoms with Crippen LogP contribution in [0, 0.1) is 11.8 Å². The SMILES string of the molecule is CSC1OC(C(NC(=O)C2CC(CCCSC(F)F)CCN2)C(C)C)C(O)C(O)C1O. The zero-order chi connectivity index (χ0) is 23.1. The second-order valence-electron chi connectivity index (χ2n) is 8.63. The molecule has 0 spiro atoms. The third-order valence-corrected chi connectivity index (χ3v) is 7.68. The van der Waals surface area contributed by atoms with E-state index in [1.807, 2.05) is 13.8 Å². The standard InChI is InChI=1S/C20H36F2N2O5S2/c1-10(2)13(17-15(26)14(25)16(27)19(29-17)30-3)24-18(28)12-9-11(6-7-23-12)5-4-8-31-20(21)22/h10-17,19-20,23,25-27H,4-9H2,1-3H3,(H,24,28). The summed E-state index contributed by atoms with van der Waals surface area (Å²) in [7, 11) is 0. The summed E-state index contributed by atoms with van der Waals surface area (Å²) in [6.45, 7) is 4.47. The number of hydrogen-bond acceptors (Lipinski definition) is 8. The number of rotatable bonds is 10. The Kier molecular flexibility index (Phi) is 11.3. The summed E-state index contributed by atoms with van der Waals surface area (Å²) >= 11 is 1.88. The number of aliphatic hydroxyl groups excluding tert-OH is 3. The molecule has 11 heteroatoms. The maximum absolute atomic E-state index is 13.0. The molecule has 2 heterocycles. The Morgan fingerprint density at radius 2 is 1.94 bits per heavy atom. The Hall–Kier alpha value is -0.170. The number of halogens is 2. The van der Waals surface area contributed by atoms with Crippen LogP contribution in [-0.4, -0.2) is 87.5 Å². The zero-order valence-corrected chi connectivity index (χ0v) is 19.9. The molecule has 2 saturated heterocycles. The molecule has 2 aliphatic rings. The number of ether oxygens (including phenoxy) is 1. The van der Waals surface area contributed by atoms with Crippen molar-refractivity contribution in [2.24, 2.45) is 11.8 Å². The molecule has 0 bridgehead atoms. The lowest BCUT2D eigenvalue weighted by Gasteiger charge is -2.44. The number of nitrogens with one attached hydrogen (secondary N) is 2. The van der Waals surface area contributed by atoms with Crippen LogP contribution < -0.4 is 10.6 Å². The van der Waals surface area contributed by atoms with Crippen molar-refractivity contribution in [3.05, 3.63) is 0 Å². The topological polar surface area (TPSA) is 111 Å². The molecule has 0 radical (unpaired) electrons. The highest BCUT2D eigenvalue weighted by Crippen LogP contribution is 2.31. The van der Waals surface area contributed by atoms with Crippen molar-refractivity contribution in [3.8, 4) is 0 Å². The number of hydrogen-bond donors (Lipinski definition) is 5. The molecule has 2 aliphatic heterocycles. The minimum atomic E-state index is -2.35. The van der Waals surface area contributed by atoms with Crippen molar-refractivity contribution in [2.45, 2.75) is 87.2 Å². The van der Waals surface area contributed by atoms with Gasteiger partial charge in [0.1, 0.15) is 29.9 Å². The molecular weight excluding hydrogens is 450 g/mol. The maximum atomic E-state index is 13.0. The second kappa shape index (κ2) is 12.9. The van der Waals surface area contributed by atoms with E-state index in [0.29, 0.717) is 42.8 Å². The van der Waals surface area contributed by atoms with E-state index in [9.17, 15) is 28.9 Å². The van der Waals surface area contributed by atoms with E-state index in [1.54, 1.807) is 6.26 Å². The summed E-state index contributed by atoms with van der Waals surface area (Å²) < 4.78 is 30.4. The van der Waals surface area contributed by atoms with Gasteiger partial charge in [-0.3, -0.25) is 4.79 Å². The van der Waals surface area contributed by atoms with Gasteiger partial charge in [0.05, 0.1) is 12.1 Å². The van der Waals surface area contributed by atoms with Crippen LogP contribution in [0.5, 0.6) is 0 Å². The highest BCUT2D eigenvalue weighted by molar-refractivity contribution is 7.99. The van der Waals surface area contributed by atoms with Crippen LogP contribution in [0.4, 0.5) is 8.78 Å². The van der Waals surface area contributed by atoms with Gasteiger partial charge in [-0.2, -0.15) is 8.78 Å². The molecule has 0 aromatic rings. The lowest BCUT2D eigenvalue weighted by atomic mass is 9.86. The average molecular weight is 487 g/mol. The third-order valence-electron chi connectivity index (χ3n) is 6.05. The first-order valence-electron chi connectivity index (χ1n) is 10.8. The molecule has 7 nitrogen and oxygen atoms in total. The molecule has 5 N–H and O–H groups in total. The molecule has 8 atom stereocenters.